The van der Waals surface area contributed by atoms with E-state index >= 15 is 0 Å². The topological polar surface area (TPSA) is 59.4 Å². The summed E-state index contributed by atoms with van der Waals surface area (Å²) in [5.41, 5.74) is 2.89. The Morgan fingerprint density at radius 3 is 2.83 bits per heavy atom. The number of fused-ring (bicyclic) bond motifs is 1. The maximum atomic E-state index is 13.3. The van der Waals surface area contributed by atoms with E-state index in [1.54, 1.807) is 0 Å². The van der Waals surface area contributed by atoms with E-state index in [0.29, 0.717) is 19.6 Å². The van der Waals surface area contributed by atoms with Gasteiger partial charge in [-0.3, -0.25) is 4.79 Å². The van der Waals surface area contributed by atoms with E-state index in [2.05, 4.69) is 39.5 Å². The molecule has 2 saturated heterocycles. The number of aromatic nitrogens is 2. The number of anilines is 1. The molecule has 2 aromatic heterocycles. The summed E-state index contributed by atoms with van der Waals surface area (Å²) in [5.74, 6) is 0.136. The van der Waals surface area contributed by atoms with Gasteiger partial charge in [-0.1, -0.05) is 30.3 Å². The van der Waals surface area contributed by atoms with Gasteiger partial charge in [0.1, 0.15) is 5.65 Å². The van der Waals surface area contributed by atoms with Gasteiger partial charge in [0.2, 0.25) is 5.91 Å². The molecule has 5 rings (SSSR count). The highest BCUT2D eigenvalue weighted by atomic mass is 16.5. The number of aryl methyl sites for hydroxylation is 1. The molecule has 30 heavy (non-hydrogen) atoms. The van der Waals surface area contributed by atoms with E-state index in [0.717, 1.165) is 42.6 Å². The van der Waals surface area contributed by atoms with Crippen molar-refractivity contribution in [3.05, 3.63) is 60.4 Å². The first-order chi connectivity index (χ1) is 14.6. The van der Waals surface area contributed by atoms with Gasteiger partial charge in [-0.15, -0.1) is 0 Å². The fraction of sp³-hybridized carbons (Fsp3) is 0.417. The molecule has 4 heterocycles. The van der Waals surface area contributed by atoms with E-state index in [4.69, 9.17) is 4.74 Å². The minimum atomic E-state index is -0.426. The maximum absolute atomic E-state index is 13.3. The molecule has 6 nitrogen and oxygen atoms in total. The molecule has 1 N–H and O–H groups in total. The number of hydrogen-bond donors (Lipinski definition) is 1. The Bertz CT molecular complexity index is 1030. The third-order valence-corrected chi connectivity index (χ3v) is 6.45. The predicted octanol–water partition coefficient (Wildman–Crippen LogP) is 2.92. The third-order valence-electron chi connectivity index (χ3n) is 6.45. The minimum absolute atomic E-state index is 0.136. The first kappa shape index (κ1) is 19.1. The molecule has 0 radical (unpaired) electrons. The molecular weight excluding hydrogens is 376 g/mol. The lowest BCUT2D eigenvalue weighted by atomic mass is 9.73. The predicted molar refractivity (Wildman–Crippen MR) is 117 cm³/mol. The van der Waals surface area contributed by atoms with E-state index in [9.17, 15) is 4.79 Å². The van der Waals surface area contributed by atoms with Crippen LogP contribution in [0.5, 0.6) is 0 Å². The smallest absolute Gasteiger partial charge is 0.230 e. The summed E-state index contributed by atoms with van der Waals surface area (Å²) in [6, 6.07) is 14.5. The lowest BCUT2D eigenvalue weighted by molar-refractivity contribution is -0.133. The van der Waals surface area contributed by atoms with Gasteiger partial charge in [0, 0.05) is 56.8 Å². The quantitative estimate of drug-likeness (QED) is 0.686. The van der Waals surface area contributed by atoms with Crippen molar-refractivity contribution in [2.45, 2.75) is 25.4 Å². The Balaban J connectivity index is 1.36. The molecule has 3 aromatic rings. The third kappa shape index (κ3) is 3.45. The van der Waals surface area contributed by atoms with Crippen LogP contribution in [0.15, 0.2) is 54.9 Å². The number of amides is 1. The second kappa shape index (κ2) is 7.76. The molecule has 0 spiro atoms. The van der Waals surface area contributed by atoms with Crippen molar-refractivity contribution in [1.29, 1.82) is 0 Å². The summed E-state index contributed by atoms with van der Waals surface area (Å²) in [6.45, 7) is 2.81. The highest BCUT2D eigenvalue weighted by Gasteiger charge is 2.49. The van der Waals surface area contributed by atoms with Crippen LogP contribution < -0.4 is 10.2 Å². The second-order valence-corrected chi connectivity index (χ2v) is 8.64. The fourth-order valence-electron chi connectivity index (χ4n) is 4.80. The highest BCUT2D eigenvalue weighted by Crippen LogP contribution is 2.40. The Labute approximate surface area is 176 Å². The summed E-state index contributed by atoms with van der Waals surface area (Å²) < 4.78 is 7.72. The van der Waals surface area contributed by atoms with Crippen LogP contribution in [0.4, 0.5) is 5.69 Å². The molecule has 0 saturated carbocycles. The molecule has 2 fully saturated rings. The summed E-state index contributed by atoms with van der Waals surface area (Å²) in [7, 11) is 2.01. The van der Waals surface area contributed by atoms with Crippen molar-refractivity contribution in [3.8, 4) is 0 Å². The van der Waals surface area contributed by atoms with Crippen molar-refractivity contribution in [3.63, 3.8) is 0 Å². The Hall–Kier alpha value is -2.86. The molecule has 1 aromatic carbocycles. The summed E-state index contributed by atoms with van der Waals surface area (Å²) in [4.78, 5) is 20.1. The zero-order valence-corrected chi connectivity index (χ0v) is 17.4. The lowest BCUT2D eigenvalue weighted by Crippen LogP contribution is -2.65. The van der Waals surface area contributed by atoms with Crippen molar-refractivity contribution in [2.75, 3.05) is 31.1 Å². The summed E-state index contributed by atoms with van der Waals surface area (Å²) in [6.07, 6.45) is 6.89. The number of pyridine rings is 1. The Morgan fingerprint density at radius 1 is 1.23 bits per heavy atom. The Kier molecular flexibility index (Phi) is 4.95. The Morgan fingerprint density at radius 2 is 2.07 bits per heavy atom. The summed E-state index contributed by atoms with van der Waals surface area (Å²) >= 11 is 0. The van der Waals surface area contributed by atoms with Gasteiger partial charge in [-0.2, -0.15) is 0 Å². The van der Waals surface area contributed by atoms with Crippen molar-refractivity contribution in [1.82, 2.24) is 14.9 Å². The zero-order chi connectivity index (χ0) is 20.6. The number of nitrogens with zero attached hydrogens (tertiary/aromatic N) is 3. The number of ether oxygens (including phenoxy) is 1. The average molecular weight is 405 g/mol. The summed E-state index contributed by atoms with van der Waals surface area (Å²) in [5, 5.41) is 4.33. The van der Waals surface area contributed by atoms with Crippen LogP contribution in [0.3, 0.4) is 0 Å². The van der Waals surface area contributed by atoms with Crippen LogP contribution in [0.2, 0.25) is 0 Å². The standard InChI is InChI=1S/C24H28N4O2/c1-27-12-10-20-21(9-11-25-22(20)27)28-16-24(17-28,14-18-6-3-2-4-7-18)23(29)26-15-19-8-5-13-30-19/h2-4,6-7,9-12,19H,5,8,13-17H2,1H3,(H,26,29). The van der Waals surface area contributed by atoms with Gasteiger partial charge in [0.25, 0.3) is 0 Å². The molecule has 156 valence electrons. The van der Waals surface area contributed by atoms with E-state index in [1.807, 2.05) is 42.2 Å². The van der Waals surface area contributed by atoms with Crippen molar-refractivity contribution < 1.29 is 9.53 Å². The monoisotopic (exact) mass is 404 g/mol. The molecule has 2 aliphatic rings. The number of nitrogens with one attached hydrogen (secondary N) is 1. The number of rotatable bonds is 6. The molecule has 1 amide bonds. The largest absolute Gasteiger partial charge is 0.376 e. The van der Waals surface area contributed by atoms with E-state index in [1.165, 1.54) is 5.56 Å². The van der Waals surface area contributed by atoms with Crippen LogP contribution >= 0.6 is 0 Å². The number of carbonyl (C=O) groups is 1. The van der Waals surface area contributed by atoms with Crippen LogP contribution in [0.25, 0.3) is 11.0 Å². The molecule has 0 bridgehead atoms. The van der Waals surface area contributed by atoms with Crippen molar-refractivity contribution in [2.24, 2.45) is 12.5 Å². The van der Waals surface area contributed by atoms with Crippen LogP contribution in [-0.2, 0) is 23.0 Å². The first-order valence-corrected chi connectivity index (χ1v) is 10.7. The molecule has 1 unspecified atom stereocenters. The zero-order valence-electron chi connectivity index (χ0n) is 17.4. The van der Waals surface area contributed by atoms with Gasteiger partial charge in [-0.25, -0.2) is 4.98 Å². The number of carbonyl (C=O) groups excluding carboxylic acids is 1. The lowest BCUT2D eigenvalue weighted by Gasteiger charge is -2.50. The maximum Gasteiger partial charge on any atom is 0.230 e. The highest BCUT2D eigenvalue weighted by molar-refractivity contribution is 5.93. The van der Waals surface area contributed by atoms with Gasteiger partial charge >= 0.3 is 0 Å². The second-order valence-electron chi connectivity index (χ2n) is 8.64. The normalized spacial score (nSPS) is 20.3. The van der Waals surface area contributed by atoms with Gasteiger partial charge in [0.05, 0.1) is 11.5 Å². The first-order valence-electron chi connectivity index (χ1n) is 10.7. The number of benzene rings is 1. The fourth-order valence-corrected chi connectivity index (χ4v) is 4.80. The minimum Gasteiger partial charge on any atom is -0.376 e. The molecule has 6 heteroatoms. The van der Waals surface area contributed by atoms with Gasteiger partial charge in [0.15, 0.2) is 0 Å². The van der Waals surface area contributed by atoms with Gasteiger partial charge in [-0.05, 0) is 37.0 Å². The van der Waals surface area contributed by atoms with Crippen LogP contribution in [0, 0.1) is 5.41 Å². The van der Waals surface area contributed by atoms with Crippen molar-refractivity contribution >= 4 is 22.6 Å². The molecular formula is C24H28N4O2. The number of hydrogen-bond acceptors (Lipinski definition) is 4. The van der Waals surface area contributed by atoms with Crippen LogP contribution in [0.1, 0.15) is 18.4 Å². The molecule has 1 atom stereocenters. The van der Waals surface area contributed by atoms with E-state index in [-0.39, 0.29) is 12.0 Å². The average Bonchev–Trinajstić information content (AvgIpc) is 3.39. The van der Waals surface area contributed by atoms with E-state index < -0.39 is 5.41 Å². The van der Waals surface area contributed by atoms with Crippen LogP contribution in [-0.4, -0.2) is 47.8 Å². The molecule has 2 aliphatic heterocycles. The SMILES string of the molecule is Cn1ccc2c(N3CC(Cc4ccccc4)(C(=O)NCC4CCCO4)C3)ccnc21. The van der Waals surface area contributed by atoms with Gasteiger partial charge < -0.3 is 19.5 Å². The molecule has 0 aliphatic carbocycles.